The van der Waals surface area contributed by atoms with Gasteiger partial charge in [0, 0.05) is 12.1 Å². The summed E-state index contributed by atoms with van der Waals surface area (Å²) in [6.07, 6.45) is 0. The van der Waals surface area contributed by atoms with E-state index in [1.165, 1.54) is 0 Å². The number of carbonyl (C=O) groups excluding carboxylic acids is 1. The normalized spacial score (nSPS) is 12.0. The molecule has 0 aliphatic rings. The van der Waals surface area contributed by atoms with E-state index in [1.807, 2.05) is 25.1 Å². The molecule has 0 radical (unpaired) electrons. The van der Waals surface area contributed by atoms with Crippen LogP contribution in [0.3, 0.4) is 0 Å². The molecule has 5 heteroatoms. The van der Waals surface area contributed by atoms with Gasteiger partial charge >= 0.3 is 0 Å². The Morgan fingerprint density at radius 2 is 2.29 bits per heavy atom. The first-order chi connectivity index (χ1) is 8.08. The van der Waals surface area contributed by atoms with Crippen molar-refractivity contribution >= 4 is 5.91 Å². The Hall–Kier alpha value is -1.59. The molecular formula is C12H18N2O3. The molecule has 0 aliphatic heterocycles. The molecule has 0 saturated heterocycles. The molecule has 1 unspecified atom stereocenters. The quantitative estimate of drug-likeness (QED) is 0.671. The third-order valence-corrected chi connectivity index (χ3v) is 2.42. The minimum absolute atomic E-state index is 0.331. The van der Waals surface area contributed by atoms with E-state index in [1.54, 1.807) is 7.11 Å². The lowest BCUT2D eigenvalue weighted by Gasteiger charge is -2.12. The number of carbonyl (C=O) groups is 1. The molecule has 1 rings (SSSR count). The topological polar surface area (TPSA) is 84.6 Å². The Balaban J connectivity index is 2.68. The molecule has 94 valence electrons. The number of hydrogen-bond donors (Lipinski definition) is 3. The van der Waals surface area contributed by atoms with Crippen molar-refractivity contribution in [3.05, 3.63) is 29.3 Å². The van der Waals surface area contributed by atoms with Crippen LogP contribution in [0.5, 0.6) is 5.75 Å². The maximum Gasteiger partial charge on any atom is 0.239 e. The number of hydrogen-bond acceptors (Lipinski definition) is 4. The van der Waals surface area contributed by atoms with Crippen LogP contribution in [-0.4, -0.2) is 30.8 Å². The molecule has 1 amide bonds. The van der Waals surface area contributed by atoms with E-state index in [4.69, 9.17) is 15.6 Å². The van der Waals surface area contributed by atoms with Crippen molar-refractivity contribution in [2.24, 2.45) is 5.73 Å². The predicted molar refractivity (Wildman–Crippen MR) is 64.6 cm³/mol. The Kier molecular flexibility index (Phi) is 4.93. The molecule has 0 heterocycles. The molecule has 0 bridgehead atoms. The Labute approximate surface area is 101 Å². The molecule has 1 atom stereocenters. The first kappa shape index (κ1) is 13.5. The number of aliphatic hydroxyl groups excluding tert-OH is 1. The van der Waals surface area contributed by atoms with Crippen molar-refractivity contribution in [2.45, 2.75) is 19.5 Å². The molecule has 0 aromatic heterocycles. The summed E-state index contributed by atoms with van der Waals surface area (Å²) in [6, 6.07) is 4.83. The van der Waals surface area contributed by atoms with E-state index in [2.05, 4.69) is 5.32 Å². The second-order valence-corrected chi connectivity index (χ2v) is 3.82. The monoisotopic (exact) mass is 238 g/mol. The van der Waals surface area contributed by atoms with E-state index in [0.29, 0.717) is 12.3 Å². The van der Waals surface area contributed by atoms with Crippen LogP contribution in [0.2, 0.25) is 0 Å². The maximum absolute atomic E-state index is 11.4. The van der Waals surface area contributed by atoms with Crippen LogP contribution in [0.15, 0.2) is 18.2 Å². The Morgan fingerprint density at radius 1 is 1.59 bits per heavy atom. The first-order valence-electron chi connectivity index (χ1n) is 5.36. The van der Waals surface area contributed by atoms with E-state index in [-0.39, 0.29) is 12.5 Å². The van der Waals surface area contributed by atoms with E-state index < -0.39 is 6.04 Å². The van der Waals surface area contributed by atoms with Crippen LogP contribution in [0.4, 0.5) is 0 Å². The highest BCUT2D eigenvalue weighted by Crippen LogP contribution is 2.19. The summed E-state index contributed by atoms with van der Waals surface area (Å²) < 4.78 is 5.19. The summed E-state index contributed by atoms with van der Waals surface area (Å²) in [6.45, 7) is 1.93. The molecule has 1 aromatic rings. The van der Waals surface area contributed by atoms with E-state index in [9.17, 15) is 4.79 Å². The number of nitrogens with one attached hydrogen (secondary N) is 1. The zero-order valence-electron chi connectivity index (χ0n) is 10.1. The number of methoxy groups -OCH3 is 1. The fraction of sp³-hybridized carbons (Fsp3) is 0.417. The van der Waals surface area contributed by atoms with E-state index >= 15 is 0 Å². The molecule has 0 saturated carbocycles. The summed E-state index contributed by atoms with van der Waals surface area (Å²) in [5.41, 5.74) is 7.35. The standard InChI is InChI=1S/C12H18N2O3/c1-8-3-4-11(17-2)9(5-8)6-14-12(16)10(13)7-15/h3-5,10,15H,6-7,13H2,1-2H3,(H,14,16). The van der Waals surface area contributed by atoms with Gasteiger partial charge in [-0.1, -0.05) is 17.7 Å². The van der Waals surface area contributed by atoms with Gasteiger partial charge in [0.1, 0.15) is 11.8 Å². The number of aryl methyl sites for hydroxylation is 1. The van der Waals surface area contributed by atoms with Gasteiger partial charge in [-0.25, -0.2) is 0 Å². The van der Waals surface area contributed by atoms with Gasteiger partial charge in [-0.15, -0.1) is 0 Å². The minimum atomic E-state index is -0.884. The maximum atomic E-state index is 11.4. The summed E-state index contributed by atoms with van der Waals surface area (Å²) in [7, 11) is 1.58. The van der Waals surface area contributed by atoms with Gasteiger partial charge in [-0.3, -0.25) is 4.79 Å². The number of benzene rings is 1. The SMILES string of the molecule is COc1ccc(C)cc1CNC(=O)C(N)CO. The van der Waals surface area contributed by atoms with Crippen molar-refractivity contribution in [3.63, 3.8) is 0 Å². The average Bonchev–Trinajstić information content (AvgIpc) is 2.35. The van der Waals surface area contributed by atoms with Crippen molar-refractivity contribution in [2.75, 3.05) is 13.7 Å². The smallest absolute Gasteiger partial charge is 0.239 e. The third-order valence-electron chi connectivity index (χ3n) is 2.42. The van der Waals surface area contributed by atoms with Gasteiger partial charge in [0.25, 0.3) is 0 Å². The van der Waals surface area contributed by atoms with Crippen molar-refractivity contribution in [1.29, 1.82) is 0 Å². The second kappa shape index (κ2) is 6.22. The number of nitrogens with two attached hydrogens (primary N) is 1. The van der Waals surface area contributed by atoms with Crippen LogP contribution in [-0.2, 0) is 11.3 Å². The zero-order chi connectivity index (χ0) is 12.8. The summed E-state index contributed by atoms with van der Waals surface area (Å²) >= 11 is 0. The highest BCUT2D eigenvalue weighted by Gasteiger charge is 2.12. The summed E-state index contributed by atoms with van der Waals surface area (Å²) in [4.78, 5) is 11.4. The fourth-order valence-electron chi connectivity index (χ4n) is 1.44. The molecule has 17 heavy (non-hydrogen) atoms. The highest BCUT2D eigenvalue weighted by molar-refractivity contribution is 5.81. The third kappa shape index (κ3) is 3.72. The average molecular weight is 238 g/mol. The van der Waals surface area contributed by atoms with Crippen molar-refractivity contribution in [1.82, 2.24) is 5.32 Å². The molecule has 4 N–H and O–H groups in total. The lowest BCUT2D eigenvalue weighted by atomic mass is 10.1. The number of ether oxygens (including phenoxy) is 1. The first-order valence-corrected chi connectivity index (χ1v) is 5.36. The summed E-state index contributed by atoms with van der Waals surface area (Å²) in [5.74, 6) is 0.338. The van der Waals surface area contributed by atoms with Crippen LogP contribution >= 0.6 is 0 Å². The molecule has 0 aliphatic carbocycles. The second-order valence-electron chi connectivity index (χ2n) is 3.82. The Bertz CT molecular complexity index is 393. The van der Waals surface area contributed by atoms with Crippen molar-refractivity contribution in [3.8, 4) is 5.75 Å². The van der Waals surface area contributed by atoms with Crippen molar-refractivity contribution < 1.29 is 14.6 Å². The highest BCUT2D eigenvalue weighted by atomic mass is 16.5. The lowest BCUT2D eigenvalue weighted by molar-refractivity contribution is -0.123. The van der Waals surface area contributed by atoms with Gasteiger partial charge in [0.15, 0.2) is 0 Å². The van der Waals surface area contributed by atoms with Gasteiger partial charge in [-0.05, 0) is 13.0 Å². The number of amides is 1. The molecule has 0 spiro atoms. The minimum Gasteiger partial charge on any atom is -0.496 e. The van der Waals surface area contributed by atoms with Crippen LogP contribution in [0, 0.1) is 6.92 Å². The van der Waals surface area contributed by atoms with Gasteiger partial charge in [0.05, 0.1) is 13.7 Å². The fourth-order valence-corrected chi connectivity index (χ4v) is 1.44. The summed E-state index contributed by atoms with van der Waals surface area (Å²) in [5, 5.41) is 11.4. The van der Waals surface area contributed by atoms with Gasteiger partial charge in [-0.2, -0.15) is 0 Å². The Morgan fingerprint density at radius 3 is 2.88 bits per heavy atom. The number of rotatable bonds is 5. The predicted octanol–water partition coefficient (Wildman–Crippen LogP) is -0.0606. The molecule has 5 nitrogen and oxygen atoms in total. The van der Waals surface area contributed by atoms with E-state index in [0.717, 1.165) is 11.1 Å². The molecule has 1 aromatic carbocycles. The van der Waals surface area contributed by atoms with Crippen LogP contribution < -0.4 is 15.8 Å². The molecular weight excluding hydrogens is 220 g/mol. The molecule has 0 fully saturated rings. The largest absolute Gasteiger partial charge is 0.496 e. The van der Waals surface area contributed by atoms with Gasteiger partial charge in [0.2, 0.25) is 5.91 Å². The zero-order valence-corrected chi connectivity index (χ0v) is 10.1. The van der Waals surface area contributed by atoms with Crippen LogP contribution in [0.25, 0.3) is 0 Å². The van der Waals surface area contributed by atoms with Crippen LogP contribution in [0.1, 0.15) is 11.1 Å². The number of aliphatic hydroxyl groups is 1. The van der Waals surface area contributed by atoms with Gasteiger partial charge < -0.3 is 20.9 Å². The lowest BCUT2D eigenvalue weighted by Crippen LogP contribution is -2.42.